The number of thiocarbonyl (C=S) groups is 1. The van der Waals surface area contributed by atoms with Gasteiger partial charge in [0.2, 0.25) is 5.91 Å². The lowest BCUT2D eigenvalue weighted by Crippen LogP contribution is -2.50. The fourth-order valence-corrected chi connectivity index (χ4v) is 3.49. The van der Waals surface area contributed by atoms with Crippen LogP contribution in [0.2, 0.25) is 0 Å². The summed E-state index contributed by atoms with van der Waals surface area (Å²) in [5, 5.41) is 0. The van der Waals surface area contributed by atoms with Crippen LogP contribution in [0.5, 0.6) is 0 Å². The molecule has 0 aliphatic carbocycles. The largest absolute Gasteiger partial charge is 0.392 e. The molecular formula is C15H29N3OS. The summed E-state index contributed by atoms with van der Waals surface area (Å²) in [4.78, 5) is 17.5. The van der Waals surface area contributed by atoms with Crippen molar-refractivity contribution >= 4 is 23.1 Å². The van der Waals surface area contributed by atoms with Crippen molar-refractivity contribution in [1.29, 1.82) is 0 Å². The maximum Gasteiger partial charge on any atom is 0.235 e. The quantitative estimate of drug-likeness (QED) is 0.731. The molecule has 20 heavy (non-hydrogen) atoms. The van der Waals surface area contributed by atoms with Crippen molar-refractivity contribution in [2.75, 3.05) is 27.2 Å². The van der Waals surface area contributed by atoms with Gasteiger partial charge in [-0.1, -0.05) is 38.9 Å². The van der Waals surface area contributed by atoms with Gasteiger partial charge in [-0.2, -0.15) is 0 Å². The standard InChI is InChI=1S/C15H29N3OS/c1-5-8-15(9-6-2,13(16)20)14(19)18-10-7-12(11-18)17(3)4/h12H,5-11H2,1-4H3,(H2,16,20). The number of hydrogen-bond donors (Lipinski definition) is 1. The molecule has 1 amide bonds. The number of carbonyl (C=O) groups is 1. The molecule has 1 rings (SSSR count). The molecule has 1 heterocycles. The van der Waals surface area contributed by atoms with Gasteiger partial charge in [-0.25, -0.2) is 0 Å². The van der Waals surface area contributed by atoms with Crippen LogP contribution in [0.3, 0.4) is 0 Å². The summed E-state index contributed by atoms with van der Waals surface area (Å²) in [5.41, 5.74) is 5.36. The minimum absolute atomic E-state index is 0.151. The molecule has 1 atom stereocenters. The number of carbonyl (C=O) groups excluding carboxylic acids is 1. The number of hydrogen-bond acceptors (Lipinski definition) is 3. The van der Waals surface area contributed by atoms with E-state index in [4.69, 9.17) is 18.0 Å². The summed E-state index contributed by atoms with van der Waals surface area (Å²) < 4.78 is 0. The summed E-state index contributed by atoms with van der Waals surface area (Å²) >= 11 is 5.27. The Labute approximate surface area is 128 Å². The Balaban J connectivity index is 2.91. The molecule has 0 bridgehead atoms. The highest BCUT2D eigenvalue weighted by atomic mass is 32.1. The second kappa shape index (κ2) is 7.36. The van der Waals surface area contributed by atoms with Crippen LogP contribution >= 0.6 is 12.2 Å². The Hall–Kier alpha value is -0.680. The number of nitrogens with two attached hydrogens (primary N) is 1. The van der Waals surface area contributed by atoms with Crippen molar-refractivity contribution in [3.05, 3.63) is 0 Å². The zero-order valence-electron chi connectivity index (χ0n) is 13.3. The first kappa shape index (κ1) is 17.4. The summed E-state index contributed by atoms with van der Waals surface area (Å²) in [7, 11) is 4.13. The SMILES string of the molecule is CCCC(CCC)(C(=O)N1CCC(N(C)C)C1)C(N)=S. The van der Waals surface area contributed by atoms with Gasteiger partial charge in [-0.05, 0) is 33.4 Å². The molecule has 1 fully saturated rings. The fourth-order valence-electron chi connectivity index (χ4n) is 3.19. The summed E-state index contributed by atoms with van der Waals surface area (Å²) in [5.74, 6) is 0.151. The molecule has 5 heteroatoms. The van der Waals surface area contributed by atoms with Gasteiger partial charge in [0.25, 0.3) is 0 Å². The van der Waals surface area contributed by atoms with E-state index in [9.17, 15) is 4.79 Å². The zero-order chi connectivity index (χ0) is 15.3. The Kier molecular flexibility index (Phi) is 6.40. The second-order valence-electron chi connectivity index (χ2n) is 6.10. The van der Waals surface area contributed by atoms with E-state index in [0.717, 1.165) is 45.2 Å². The van der Waals surface area contributed by atoms with Gasteiger partial charge in [0.15, 0.2) is 0 Å². The molecule has 0 aromatic rings. The van der Waals surface area contributed by atoms with Crippen molar-refractivity contribution < 1.29 is 4.79 Å². The number of amides is 1. The van der Waals surface area contributed by atoms with Crippen molar-refractivity contribution in [3.8, 4) is 0 Å². The van der Waals surface area contributed by atoms with Crippen molar-refractivity contribution in [1.82, 2.24) is 9.80 Å². The molecule has 1 aliphatic rings. The van der Waals surface area contributed by atoms with Gasteiger partial charge in [0, 0.05) is 19.1 Å². The lowest BCUT2D eigenvalue weighted by Gasteiger charge is -2.35. The average Bonchev–Trinajstić information content (AvgIpc) is 2.86. The molecule has 0 spiro atoms. The molecule has 0 aromatic carbocycles. The van der Waals surface area contributed by atoms with Crippen LogP contribution in [0.1, 0.15) is 46.0 Å². The highest BCUT2D eigenvalue weighted by molar-refractivity contribution is 7.80. The molecular weight excluding hydrogens is 270 g/mol. The van der Waals surface area contributed by atoms with E-state index in [1.165, 1.54) is 0 Å². The Morgan fingerprint density at radius 3 is 2.25 bits per heavy atom. The molecule has 1 aliphatic heterocycles. The van der Waals surface area contributed by atoms with E-state index in [1.54, 1.807) is 0 Å². The van der Waals surface area contributed by atoms with Gasteiger partial charge in [-0.15, -0.1) is 0 Å². The van der Waals surface area contributed by atoms with Crippen molar-refractivity contribution in [2.45, 2.75) is 52.0 Å². The topological polar surface area (TPSA) is 49.6 Å². The third-order valence-corrected chi connectivity index (χ3v) is 4.81. The minimum atomic E-state index is -0.625. The maximum absolute atomic E-state index is 13.0. The second-order valence-corrected chi connectivity index (χ2v) is 6.54. The highest BCUT2D eigenvalue weighted by Crippen LogP contribution is 2.34. The first-order valence-corrected chi connectivity index (χ1v) is 8.05. The van der Waals surface area contributed by atoms with Gasteiger partial charge in [0.1, 0.15) is 0 Å². The van der Waals surface area contributed by atoms with Crippen molar-refractivity contribution in [2.24, 2.45) is 11.1 Å². The molecule has 1 unspecified atom stereocenters. The zero-order valence-corrected chi connectivity index (χ0v) is 14.1. The summed E-state index contributed by atoms with van der Waals surface area (Å²) in [6.07, 6.45) is 4.41. The number of likely N-dealkylation sites (N-methyl/N-ethyl adjacent to an activating group) is 1. The summed E-state index contributed by atoms with van der Waals surface area (Å²) in [6.45, 7) is 5.79. The third kappa shape index (κ3) is 3.50. The monoisotopic (exact) mass is 299 g/mol. The first-order chi connectivity index (χ1) is 9.39. The van der Waals surface area contributed by atoms with Crippen LogP contribution in [-0.2, 0) is 4.79 Å². The van der Waals surface area contributed by atoms with E-state index < -0.39 is 5.41 Å². The Bertz CT molecular complexity index is 351. The van der Waals surface area contributed by atoms with Gasteiger partial charge < -0.3 is 15.5 Å². The Morgan fingerprint density at radius 2 is 1.90 bits per heavy atom. The molecule has 2 N–H and O–H groups in total. The van der Waals surface area contributed by atoms with E-state index in [-0.39, 0.29) is 5.91 Å². The maximum atomic E-state index is 13.0. The summed E-state index contributed by atoms with van der Waals surface area (Å²) in [6, 6.07) is 0.450. The van der Waals surface area contributed by atoms with Gasteiger partial charge in [-0.3, -0.25) is 4.79 Å². The average molecular weight is 299 g/mol. The number of likely N-dealkylation sites (tertiary alicyclic amines) is 1. The van der Waals surface area contributed by atoms with Gasteiger partial charge >= 0.3 is 0 Å². The molecule has 0 radical (unpaired) electrons. The van der Waals surface area contributed by atoms with Crippen LogP contribution in [0.15, 0.2) is 0 Å². The fraction of sp³-hybridized carbons (Fsp3) is 0.867. The van der Waals surface area contributed by atoms with Crippen LogP contribution in [0.4, 0.5) is 0 Å². The minimum Gasteiger partial charge on any atom is -0.392 e. The molecule has 116 valence electrons. The van der Waals surface area contributed by atoms with E-state index in [2.05, 4.69) is 32.8 Å². The normalized spacial score (nSPS) is 19.6. The van der Waals surface area contributed by atoms with Crippen LogP contribution < -0.4 is 5.73 Å². The van der Waals surface area contributed by atoms with E-state index >= 15 is 0 Å². The molecule has 4 nitrogen and oxygen atoms in total. The predicted octanol–water partition coefficient (Wildman–Crippen LogP) is 2.02. The number of rotatable bonds is 7. The lowest BCUT2D eigenvalue weighted by molar-refractivity contribution is -0.138. The van der Waals surface area contributed by atoms with Crippen LogP contribution in [-0.4, -0.2) is 53.9 Å². The van der Waals surface area contributed by atoms with Crippen LogP contribution in [0.25, 0.3) is 0 Å². The number of nitrogens with zero attached hydrogens (tertiary/aromatic N) is 2. The molecule has 0 saturated carbocycles. The predicted molar refractivity (Wildman–Crippen MR) is 87.7 cm³/mol. The molecule has 0 aromatic heterocycles. The van der Waals surface area contributed by atoms with E-state index in [0.29, 0.717) is 11.0 Å². The smallest absolute Gasteiger partial charge is 0.235 e. The lowest BCUT2D eigenvalue weighted by atomic mass is 9.77. The molecule has 1 saturated heterocycles. The van der Waals surface area contributed by atoms with Crippen LogP contribution in [0, 0.1) is 5.41 Å². The Morgan fingerprint density at radius 1 is 1.35 bits per heavy atom. The highest BCUT2D eigenvalue weighted by Gasteiger charge is 2.44. The van der Waals surface area contributed by atoms with Gasteiger partial charge in [0.05, 0.1) is 10.4 Å². The third-order valence-electron chi connectivity index (χ3n) is 4.42. The van der Waals surface area contributed by atoms with E-state index in [1.807, 2.05) is 4.90 Å². The first-order valence-electron chi connectivity index (χ1n) is 7.64. The van der Waals surface area contributed by atoms with Crippen molar-refractivity contribution in [3.63, 3.8) is 0 Å².